The molecule has 0 aromatic heterocycles. The van der Waals surface area contributed by atoms with Crippen LogP contribution in [0.3, 0.4) is 0 Å². The zero-order chi connectivity index (χ0) is 20.1. The summed E-state index contributed by atoms with van der Waals surface area (Å²) >= 11 is 0. The minimum atomic E-state index is -3.93. The number of piperazine rings is 1. The van der Waals surface area contributed by atoms with E-state index >= 15 is 0 Å². The molecule has 1 aliphatic heterocycles. The maximum Gasteiger partial charge on any atom is 0.261 e. The van der Waals surface area contributed by atoms with Crippen LogP contribution in [0.4, 0.5) is 5.69 Å². The quantitative estimate of drug-likeness (QED) is 0.833. The number of likely N-dealkylation sites (N-methyl/N-ethyl adjacent to an activating group) is 1. The monoisotopic (exact) mass is 398 g/mol. The zero-order valence-corrected chi connectivity index (χ0v) is 16.4. The third-order valence-electron chi connectivity index (χ3n) is 4.79. The molecule has 1 fully saturated rings. The van der Waals surface area contributed by atoms with Crippen molar-refractivity contribution in [3.8, 4) is 6.07 Å². The summed E-state index contributed by atoms with van der Waals surface area (Å²) < 4.78 is 27.9. The number of anilines is 1. The molecule has 1 saturated heterocycles. The second-order valence-electron chi connectivity index (χ2n) is 6.52. The van der Waals surface area contributed by atoms with Crippen LogP contribution in [0.2, 0.25) is 0 Å². The van der Waals surface area contributed by atoms with Crippen LogP contribution in [0.15, 0.2) is 53.4 Å². The van der Waals surface area contributed by atoms with E-state index in [1.807, 2.05) is 6.07 Å². The molecule has 146 valence electrons. The Labute approximate surface area is 165 Å². The van der Waals surface area contributed by atoms with E-state index < -0.39 is 10.0 Å². The zero-order valence-electron chi connectivity index (χ0n) is 15.6. The molecule has 7 nitrogen and oxygen atoms in total. The molecule has 1 N–H and O–H groups in total. The molecule has 0 unspecified atom stereocenters. The first-order valence-electron chi connectivity index (χ1n) is 9.08. The van der Waals surface area contributed by atoms with Crippen LogP contribution in [-0.2, 0) is 10.0 Å². The van der Waals surface area contributed by atoms with Crippen molar-refractivity contribution in [2.75, 3.05) is 37.4 Å². The number of benzene rings is 2. The van der Waals surface area contributed by atoms with Gasteiger partial charge >= 0.3 is 0 Å². The molecule has 0 aliphatic carbocycles. The highest BCUT2D eigenvalue weighted by Crippen LogP contribution is 2.21. The fraction of sp³-hybridized carbons (Fsp3) is 0.300. The number of hydrogen-bond acceptors (Lipinski definition) is 5. The predicted molar refractivity (Wildman–Crippen MR) is 106 cm³/mol. The van der Waals surface area contributed by atoms with Crippen LogP contribution in [0.1, 0.15) is 22.8 Å². The Hall–Kier alpha value is -2.89. The molecule has 0 radical (unpaired) electrons. The molecule has 0 bridgehead atoms. The number of carbonyl (C=O) groups is 1. The molecule has 3 rings (SSSR count). The van der Waals surface area contributed by atoms with E-state index in [0.29, 0.717) is 18.7 Å². The SMILES string of the molecule is CCN1CCN(C(=O)c2cccc(S(=O)(=O)Nc3ccccc3C#N)c2)CC1. The first kappa shape index (κ1) is 19.9. The van der Waals surface area contributed by atoms with Crippen molar-refractivity contribution in [3.05, 3.63) is 59.7 Å². The number of amides is 1. The maximum absolute atomic E-state index is 12.8. The van der Waals surface area contributed by atoms with E-state index in [4.69, 9.17) is 5.26 Å². The third-order valence-corrected chi connectivity index (χ3v) is 6.15. The fourth-order valence-electron chi connectivity index (χ4n) is 3.12. The first-order chi connectivity index (χ1) is 13.4. The van der Waals surface area contributed by atoms with Crippen molar-refractivity contribution in [3.63, 3.8) is 0 Å². The summed E-state index contributed by atoms with van der Waals surface area (Å²) in [6.07, 6.45) is 0. The lowest BCUT2D eigenvalue weighted by molar-refractivity contribution is 0.0643. The second-order valence-corrected chi connectivity index (χ2v) is 8.20. The van der Waals surface area contributed by atoms with Gasteiger partial charge in [0.25, 0.3) is 15.9 Å². The van der Waals surface area contributed by atoms with Crippen LogP contribution in [0, 0.1) is 11.3 Å². The number of rotatable bonds is 5. The molecular formula is C20H22N4O3S. The van der Waals surface area contributed by atoms with Gasteiger partial charge in [-0.1, -0.05) is 25.1 Å². The van der Waals surface area contributed by atoms with Crippen molar-refractivity contribution in [1.29, 1.82) is 5.26 Å². The Morgan fingerprint density at radius 1 is 1.11 bits per heavy atom. The minimum absolute atomic E-state index is 0.0155. The van der Waals surface area contributed by atoms with Crippen LogP contribution in [0.25, 0.3) is 0 Å². The molecular weight excluding hydrogens is 376 g/mol. The molecule has 2 aromatic carbocycles. The van der Waals surface area contributed by atoms with E-state index in [9.17, 15) is 13.2 Å². The van der Waals surface area contributed by atoms with Crippen LogP contribution in [-0.4, -0.2) is 56.8 Å². The number of carbonyl (C=O) groups excluding carboxylic acids is 1. The molecule has 2 aromatic rings. The molecule has 28 heavy (non-hydrogen) atoms. The predicted octanol–water partition coefficient (Wildman–Crippen LogP) is 2.14. The third kappa shape index (κ3) is 4.32. The number of hydrogen-bond donors (Lipinski definition) is 1. The normalized spacial score (nSPS) is 15.1. The summed E-state index contributed by atoms with van der Waals surface area (Å²) in [5, 5.41) is 9.15. The number of nitrogens with one attached hydrogen (secondary N) is 1. The Bertz CT molecular complexity index is 1010. The lowest BCUT2D eigenvalue weighted by Crippen LogP contribution is -2.48. The number of sulfonamides is 1. The van der Waals surface area contributed by atoms with Crippen molar-refractivity contribution < 1.29 is 13.2 Å². The smallest absolute Gasteiger partial charge is 0.261 e. The van der Waals surface area contributed by atoms with Gasteiger partial charge in [-0.15, -0.1) is 0 Å². The van der Waals surface area contributed by atoms with E-state index in [2.05, 4.69) is 16.5 Å². The van der Waals surface area contributed by atoms with Crippen molar-refractivity contribution in [1.82, 2.24) is 9.80 Å². The van der Waals surface area contributed by atoms with Crippen molar-refractivity contribution >= 4 is 21.6 Å². The number of nitrogens with zero attached hydrogens (tertiary/aromatic N) is 3. The molecule has 0 spiro atoms. The molecule has 0 saturated carbocycles. The van der Waals surface area contributed by atoms with Gasteiger partial charge in [-0.25, -0.2) is 8.42 Å². The highest BCUT2D eigenvalue weighted by atomic mass is 32.2. The van der Waals surface area contributed by atoms with Crippen LogP contribution < -0.4 is 4.72 Å². The van der Waals surface area contributed by atoms with Gasteiger partial charge in [0, 0.05) is 31.7 Å². The highest BCUT2D eigenvalue weighted by Gasteiger charge is 2.23. The summed E-state index contributed by atoms with van der Waals surface area (Å²) in [5.41, 5.74) is 0.769. The molecule has 0 atom stereocenters. The van der Waals surface area contributed by atoms with Gasteiger partial charge in [-0.05, 0) is 36.9 Å². The van der Waals surface area contributed by atoms with Gasteiger partial charge < -0.3 is 9.80 Å². The average molecular weight is 398 g/mol. The Morgan fingerprint density at radius 2 is 1.82 bits per heavy atom. The van der Waals surface area contributed by atoms with Crippen LogP contribution >= 0.6 is 0 Å². The van der Waals surface area contributed by atoms with Gasteiger partial charge in [-0.2, -0.15) is 5.26 Å². The molecule has 1 amide bonds. The second kappa shape index (κ2) is 8.42. The topological polar surface area (TPSA) is 93.5 Å². The molecule has 1 aliphatic rings. The lowest BCUT2D eigenvalue weighted by Gasteiger charge is -2.34. The maximum atomic E-state index is 12.8. The van der Waals surface area contributed by atoms with Gasteiger partial charge in [0.1, 0.15) is 6.07 Å². The van der Waals surface area contributed by atoms with E-state index in [0.717, 1.165) is 19.6 Å². The highest BCUT2D eigenvalue weighted by molar-refractivity contribution is 7.92. The first-order valence-corrected chi connectivity index (χ1v) is 10.6. The van der Waals surface area contributed by atoms with Crippen molar-refractivity contribution in [2.24, 2.45) is 0 Å². The number of para-hydroxylation sites is 1. The van der Waals surface area contributed by atoms with Gasteiger partial charge in [0.15, 0.2) is 0 Å². The summed E-state index contributed by atoms with van der Waals surface area (Å²) in [6.45, 7) is 5.91. The Balaban J connectivity index is 1.80. The van der Waals surface area contributed by atoms with Gasteiger partial charge in [0.2, 0.25) is 0 Å². The van der Waals surface area contributed by atoms with Crippen LogP contribution in [0.5, 0.6) is 0 Å². The summed E-state index contributed by atoms with van der Waals surface area (Å²) in [7, 11) is -3.93. The summed E-state index contributed by atoms with van der Waals surface area (Å²) in [5.74, 6) is -0.176. The molecule has 8 heteroatoms. The van der Waals surface area contributed by atoms with Gasteiger partial charge in [0.05, 0.1) is 16.1 Å². The standard InChI is InChI=1S/C20H22N4O3S/c1-2-23-10-12-24(13-11-23)20(25)16-7-5-8-18(14-16)28(26,27)22-19-9-4-3-6-17(19)15-21/h3-9,14,22H,2,10-13H2,1H3. The fourth-order valence-corrected chi connectivity index (χ4v) is 4.24. The number of nitriles is 1. The Kier molecular flexibility index (Phi) is 5.97. The minimum Gasteiger partial charge on any atom is -0.336 e. The Morgan fingerprint density at radius 3 is 2.50 bits per heavy atom. The van der Waals surface area contributed by atoms with Gasteiger partial charge in [-0.3, -0.25) is 9.52 Å². The summed E-state index contributed by atoms with van der Waals surface area (Å²) in [4.78, 5) is 16.8. The van der Waals surface area contributed by atoms with Crippen molar-refractivity contribution in [2.45, 2.75) is 11.8 Å². The van der Waals surface area contributed by atoms with E-state index in [1.54, 1.807) is 29.2 Å². The largest absolute Gasteiger partial charge is 0.336 e. The lowest BCUT2D eigenvalue weighted by atomic mass is 10.2. The van der Waals surface area contributed by atoms with E-state index in [-0.39, 0.29) is 22.1 Å². The summed E-state index contributed by atoms with van der Waals surface area (Å²) in [6, 6.07) is 14.3. The molecule has 1 heterocycles. The van der Waals surface area contributed by atoms with E-state index in [1.165, 1.54) is 24.3 Å². The average Bonchev–Trinajstić information content (AvgIpc) is 2.73.